The zero-order valence-electron chi connectivity index (χ0n) is 10.7. The summed E-state index contributed by atoms with van der Waals surface area (Å²) in [5.74, 6) is 0. The first kappa shape index (κ1) is 12.9. The molecule has 1 aliphatic heterocycles. The van der Waals surface area contributed by atoms with Crippen LogP contribution in [-0.4, -0.2) is 25.7 Å². The van der Waals surface area contributed by atoms with Crippen LogP contribution in [0.1, 0.15) is 25.3 Å². The number of hydrogen-bond donors (Lipinski definition) is 1. The first-order valence-electron chi connectivity index (χ1n) is 6.45. The van der Waals surface area contributed by atoms with Gasteiger partial charge < -0.3 is 10.2 Å². The Bertz CT molecular complexity index is 370. The second-order valence-electron chi connectivity index (χ2n) is 4.75. The van der Waals surface area contributed by atoms with Crippen LogP contribution in [0.15, 0.2) is 22.7 Å². The first-order chi connectivity index (χ1) is 8.20. The number of hydrogen-bond acceptors (Lipinski definition) is 2. The van der Waals surface area contributed by atoms with Crippen LogP contribution in [0.25, 0.3) is 0 Å². The molecule has 1 aliphatic rings. The largest absolute Gasteiger partial charge is 0.371 e. The van der Waals surface area contributed by atoms with Crippen molar-refractivity contribution >= 4 is 21.6 Å². The number of nitrogens with zero attached hydrogens (tertiary/aromatic N) is 1. The Labute approximate surface area is 113 Å². The molecule has 2 nitrogen and oxygen atoms in total. The van der Waals surface area contributed by atoms with Crippen molar-refractivity contribution < 1.29 is 0 Å². The fourth-order valence-corrected chi connectivity index (χ4v) is 2.89. The van der Waals surface area contributed by atoms with Crippen molar-refractivity contribution in [2.75, 3.05) is 24.5 Å². The minimum atomic E-state index is 0.712. The van der Waals surface area contributed by atoms with Crippen LogP contribution in [0.3, 0.4) is 0 Å². The van der Waals surface area contributed by atoms with E-state index in [-0.39, 0.29) is 0 Å². The van der Waals surface area contributed by atoms with Crippen molar-refractivity contribution in [1.29, 1.82) is 0 Å². The first-order valence-corrected chi connectivity index (χ1v) is 7.24. The van der Waals surface area contributed by atoms with Crippen LogP contribution in [0.4, 0.5) is 5.69 Å². The highest BCUT2D eigenvalue weighted by molar-refractivity contribution is 9.10. The quantitative estimate of drug-likeness (QED) is 0.920. The second-order valence-corrected chi connectivity index (χ2v) is 5.67. The molecule has 1 saturated heterocycles. The number of rotatable bonds is 3. The zero-order chi connectivity index (χ0) is 12.3. The minimum absolute atomic E-state index is 0.712. The third-order valence-corrected chi connectivity index (χ3v) is 3.99. The molecule has 0 bridgehead atoms. The van der Waals surface area contributed by atoms with Gasteiger partial charge in [0.1, 0.15) is 0 Å². The Balaban J connectivity index is 2.02. The van der Waals surface area contributed by atoms with Crippen molar-refractivity contribution in [2.24, 2.45) is 0 Å². The van der Waals surface area contributed by atoms with Crippen LogP contribution in [0.5, 0.6) is 0 Å². The van der Waals surface area contributed by atoms with Gasteiger partial charge in [-0.1, -0.05) is 28.9 Å². The third-order valence-electron chi connectivity index (χ3n) is 3.50. The Kier molecular flexibility index (Phi) is 4.46. The van der Waals surface area contributed by atoms with Crippen LogP contribution < -0.4 is 10.2 Å². The lowest BCUT2D eigenvalue weighted by atomic mass is 10.0. The summed E-state index contributed by atoms with van der Waals surface area (Å²) < 4.78 is 1.17. The van der Waals surface area contributed by atoms with Crippen molar-refractivity contribution in [3.8, 4) is 0 Å². The van der Waals surface area contributed by atoms with E-state index in [1.165, 1.54) is 28.6 Å². The maximum atomic E-state index is 3.56. The molecule has 0 spiro atoms. The smallest absolute Gasteiger partial charge is 0.0407 e. The highest BCUT2D eigenvalue weighted by Crippen LogP contribution is 2.27. The Morgan fingerprint density at radius 3 is 2.71 bits per heavy atom. The van der Waals surface area contributed by atoms with Crippen molar-refractivity contribution in [3.63, 3.8) is 0 Å². The predicted molar refractivity (Wildman–Crippen MR) is 77.8 cm³/mol. The monoisotopic (exact) mass is 296 g/mol. The topological polar surface area (TPSA) is 15.3 Å². The lowest BCUT2D eigenvalue weighted by Gasteiger charge is -2.34. The van der Waals surface area contributed by atoms with Gasteiger partial charge in [0.25, 0.3) is 0 Å². The molecule has 0 saturated carbocycles. The van der Waals surface area contributed by atoms with Gasteiger partial charge in [0.2, 0.25) is 0 Å². The molecule has 17 heavy (non-hydrogen) atoms. The molecule has 0 amide bonds. The van der Waals surface area contributed by atoms with E-state index in [2.05, 4.69) is 58.2 Å². The normalized spacial score (nSPS) is 17.5. The summed E-state index contributed by atoms with van der Waals surface area (Å²) in [7, 11) is 0. The van der Waals surface area contributed by atoms with Gasteiger partial charge >= 0.3 is 0 Å². The molecule has 0 aromatic heterocycles. The average molecular weight is 297 g/mol. The van der Waals surface area contributed by atoms with Gasteiger partial charge in [-0.05, 0) is 44.0 Å². The molecule has 0 unspecified atom stereocenters. The van der Waals surface area contributed by atoms with Gasteiger partial charge in [-0.2, -0.15) is 0 Å². The van der Waals surface area contributed by atoms with E-state index in [4.69, 9.17) is 0 Å². The van der Waals surface area contributed by atoms with Crippen LogP contribution in [0.2, 0.25) is 0 Å². The van der Waals surface area contributed by atoms with Gasteiger partial charge in [0.15, 0.2) is 0 Å². The molecule has 1 N–H and O–H groups in total. The number of halogens is 1. The van der Waals surface area contributed by atoms with Crippen LogP contribution in [0, 0.1) is 6.92 Å². The zero-order valence-corrected chi connectivity index (χ0v) is 12.3. The van der Waals surface area contributed by atoms with E-state index in [0.717, 1.165) is 19.6 Å². The molecular formula is C14H21BrN2. The van der Waals surface area contributed by atoms with E-state index >= 15 is 0 Å². The SMILES string of the molecule is CCNC1CCN(c2cc(Br)ccc2C)CC1. The maximum Gasteiger partial charge on any atom is 0.0407 e. The summed E-state index contributed by atoms with van der Waals surface area (Å²) in [4.78, 5) is 2.51. The highest BCUT2D eigenvalue weighted by Gasteiger charge is 2.19. The summed E-state index contributed by atoms with van der Waals surface area (Å²) in [5.41, 5.74) is 2.75. The van der Waals surface area contributed by atoms with Crippen molar-refractivity contribution in [1.82, 2.24) is 5.32 Å². The number of aryl methyl sites for hydroxylation is 1. The number of anilines is 1. The molecule has 0 radical (unpaired) electrons. The van der Waals surface area contributed by atoms with E-state index in [0.29, 0.717) is 6.04 Å². The van der Waals surface area contributed by atoms with Crippen molar-refractivity contribution in [3.05, 3.63) is 28.2 Å². The minimum Gasteiger partial charge on any atom is -0.371 e. The molecule has 3 heteroatoms. The van der Waals surface area contributed by atoms with Gasteiger partial charge in [0.05, 0.1) is 0 Å². The third kappa shape index (κ3) is 3.23. The predicted octanol–water partition coefficient (Wildman–Crippen LogP) is 3.34. The summed E-state index contributed by atoms with van der Waals surface area (Å²) >= 11 is 3.56. The summed E-state index contributed by atoms with van der Waals surface area (Å²) in [5, 5.41) is 3.55. The maximum absolute atomic E-state index is 3.56. The molecule has 1 aromatic rings. The molecular weight excluding hydrogens is 276 g/mol. The molecule has 94 valence electrons. The van der Waals surface area contributed by atoms with Gasteiger partial charge in [-0.15, -0.1) is 0 Å². The fourth-order valence-electron chi connectivity index (χ4n) is 2.54. The van der Waals surface area contributed by atoms with Gasteiger partial charge in [-0.25, -0.2) is 0 Å². The summed E-state index contributed by atoms with van der Waals surface area (Å²) in [6.07, 6.45) is 2.50. The number of piperidine rings is 1. The summed E-state index contributed by atoms with van der Waals surface area (Å²) in [6, 6.07) is 7.26. The van der Waals surface area contributed by atoms with Gasteiger partial charge in [-0.3, -0.25) is 0 Å². The fraction of sp³-hybridized carbons (Fsp3) is 0.571. The molecule has 1 fully saturated rings. The van der Waals surface area contributed by atoms with Crippen LogP contribution in [-0.2, 0) is 0 Å². The highest BCUT2D eigenvalue weighted by atomic mass is 79.9. The Morgan fingerprint density at radius 1 is 1.35 bits per heavy atom. The molecule has 0 aliphatic carbocycles. The molecule has 2 rings (SSSR count). The van der Waals surface area contributed by atoms with E-state index in [1.807, 2.05) is 0 Å². The molecule has 1 heterocycles. The van der Waals surface area contributed by atoms with E-state index in [1.54, 1.807) is 0 Å². The second kappa shape index (κ2) is 5.87. The molecule has 1 aromatic carbocycles. The summed E-state index contributed by atoms with van der Waals surface area (Å²) in [6.45, 7) is 7.79. The van der Waals surface area contributed by atoms with Crippen LogP contribution >= 0.6 is 15.9 Å². The number of nitrogens with one attached hydrogen (secondary N) is 1. The lowest BCUT2D eigenvalue weighted by Crippen LogP contribution is -2.42. The Hall–Kier alpha value is -0.540. The molecule has 0 atom stereocenters. The van der Waals surface area contributed by atoms with Crippen molar-refractivity contribution in [2.45, 2.75) is 32.7 Å². The average Bonchev–Trinajstić information content (AvgIpc) is 2.34. The standard InChI is InChI=1S/C14H21BrN2/c1-3-16-13-6-8-17(9-7-13)14-10-12(15)5-4-11(14)2/h4-5,10,13,16H,3,6-9H2,1-2H3. The Morgan fingerprint density at radius 2 is 2.06 bits per heavy atom. The van der Waals surface area contributed by atoms with E-state index in [9.17, 15) is 0 Å². The number of benzene rings is 1. The lowest BCUT2D eigenvalue weighted by molar-refractivity contribution is 0.423. The van der Waals surface area contributed by atoms with E-state index < -0.39 is 0 Å². The van der Waals surface area contributed by atoms with Gasteiger partial charge in [0, 0.05) is 29.3 Å².